The zero-order valence-corrected chi connectivity index (χ0v) is 11.0. The highest BCUT2D eigenvalue weighted by molar-refractivity contribution is 7.20. The van der Waals surface area contributed by atoms with E-state index in [4.69, 9.17) is 0 Å². The number of aryl methyl sites for hydroxylation is 1. The number of fused-ring (bicyclic) bond motifs is 1. The molecule has 7 heteroatoms. The second-order valence-corrected chi connectivity index (χ2v) is 5.07. The molecule has 3 aromatic rings. The second-order valence-electron chi connectivity index (χ2n) is 4.04. The van der Waals surface area contributed by atoms with Crippen LogP contribution in [0.2, 0.25) is 0 Å². The van der Waals surface area contributed by atoms with Crippen LogP contribution in [0.25, 0.3) is 10.2 Å². The van der Waals surface area contributed by atoms with Gasteiger partial charge in [-0.05, 0) is 6.07 Å². The third-order valence-electron chi connectivity index (χ3n) is 2.73. The van der Waals surface area contributed by atoms with E-state index in [0.717, 1.165) is 15.9 Å². The van der Waals surface area contributed by atoms with E-state index in [1.807, 2.05) is 17.7 Å². The van der Waals surface area contributed by atoms with Gasteiger partial charge in [0.2, 0.25) is 0 Å². The lowest BCUT2D eigenvalue weighted by molar-refractivity contribution is 0.0950. The van der Waals surface area contributed by atoms with E-state index >= 15 is 0 Å². The number of nitrogens with one attached hydrogen (secondary N) is 1. The Labute approximate surface area is 113 Å². The lowest BCUT2D eigenvalue weighted by Crippen LogP contribution is -2.23. The largest absolute Gasteiger partial charge is 0.344 e. The SMILES string of the molecule is Cn1cncc1CNC(=O)c1nc2cnccc2s1. The molecule has 6 nitrogen and oxygen atoms in total. The topological polar surface area (TPSA) is 72.7 Å². The summed E-state index contributed by atoms with van der Waals surface area (Å²) in [7, 11) is 1.89. The molecule has 1 amide bonds. The first-order valence-corrected chi connectivity index (χ1v) is 6.49. The van der Waals surface area contributed by atoms with Crippen molar-refractivity contribution in [1.82, 2.24) is 24.8 Å². The average Bonchev–Trinajstić information content (AvgIpc) is 3.01. The number of pyridine rings is 1. The molecule has 3 heterocycles. The first-order valence-electron chi connectivity index (χ1n) is 5.68. The molecular weight excluding hydrogens is 262 g/mol. The molecule has 0 saturated carbocycles. The van der Waals surface area contributed by atoms with E-state index in [2.05, 4.69) is 20.3 Å². The number of imidazole rings is 1. The van der Waals surface area contributed by atoms with Crippen LogP contribution in [-0.2, 0) is 13.6 Å². The molecule has 0 fully saturated rings. The number of rotatable bonds is 3. The number of carbonyl (C=O) groups is 1. The molecule has 0 radical (unpaired) electrons. The van der Waals surface area contributed by atoms with Crippen LogP contribution >= 0.6 is 11.3 Å². The van der Waals surface area contributed by atoms with Gasteiger partial charge in [-0.2, -0.15) is 0 Å². The van der Waals surface area contributed by atoms with Crippen LogP contribution in [0.15, 0.2) is 31.0 Å². The molecule has 0 bridgehead atoms. The summed E-state index contributed by atoms with van der Waals surface area (Å²) in [6.45, 7) is 0.434. The molecule has 0 atom stereocenters. The summed E-state index contributed by atoms with van der Waals surface area (Å²) in [5.41, 5.74) is 1.69. The number of carbonyl (C=O) groups excluding carboxylic acids is 1. The van der Waals surface area contributed by atoms with Gasteiger partial charge in [-0.15, -0.1) is 11.3 Å². The minimum absolute atomic E-state index is 0.178. The third-order valence-corrected chi connectivity index (χ3v) is 3.77. The van der Waals surface area contributed by atoms with Crippen molar-refractivity contribution in [1.29, 1.82) is 0 Å². The lowest BCUT2D eigenvalue weighted by Gasteiger charge is -2.03. The molecule has 0 aliphatic carbocycles. The predicted molar refractivity (Wildman–Crippen MR) is 71.8 cm³/mol. The van der Waals surface area contributed by atoms with Crippen molar-refractivity contribution in [3.63, 3.8) is 0 Å². The Morgan fingerprint density at radius 1 is 1.42 bits per heavy atom. The highest BCUT2D eigenvalue weighted by atomic mass is 32.1. The first kappa shape index (κ1) is 11.8. The molecule has 0 aromatic carbocycles. The molecular formula is C12H11N5OS. The molecule has 3 rings (SSSR count). The van der Waals surface area contributed by atoms with Crippen LogP contribution in [0.3, 0.4) is 0 Å². The highest BCUT2D eigenvalue weighted by Crippen LogP contribution is 2.20. The molecule has 3 aromatic heterocycles. The summed E-state index contributed by atoms with van der Waals surface area (Å²) in [4.78, 5) is 24.2. The van der Waals surface area contributed by atoms with Gasteiger partial charge in [0, 0.05) is 19.4 Å². The fraction of sp³-hybridized carbons (Fsp3) is 0.167. The Balaban J connectivity index is 1.75. The maximum Gasteiger partial charge on any atom is 0.280 e. The summed E-state index contributed by atoms with van der Waals surface area (Å²) in [6.07, 6.45) is 6.77. The normalized spacial score (nSPS) is 10.8. The van der Waals surface area contributed by atoms with Crippen molar-refractivity contribution in [3.8, 4) is 0 Å². The molecule has 1 N–H and O–H groups in total. The van der Waals surface area contributed by atoms with Gasteiger partial charge in [-0.3, -0.25) is 9.78 Å². The molecule has 0 spiro atoms. The van der Waals surface area contributed by atoms with Crippen LogP contribution in [0.4, 0.5) is 0 Å². The van der Waals surface area contributed by atoms with Gasteiger partial charge in [0.15, 0.2) is 5.01 Å². The Morgan fingerprint density at radius 2 is 2.32 bits per heavy atom. The van der Waals surface area contributed by atoms with E-state index in [1.54, 1.807) is 24.9 Å². The van der Waals surface area contributed by atoms with Crippen LogP contribution < -0.4 is 5.32 Å². The summed E-state index contributed by atoms with van der Waals surface area (Å²) >= 11 is 1.36. The molecule has 0 aliphatic rings. The Morgan fingerprint density at radius 3 is 3.05 bits per heavy atom. The van der Waals surface area contributed by atoms with Crippen LogP contribution in [0, 0.1) is 0 Å². The van der Waals surface area contributed by atoms with Gasteiger partial charge in [0.25, 0.3) is 5.91 Å². The van der Waals surface area contributed by atoms with Gasteiger partial charge in [-0.25, -0.2) is 9.97 Å². The molecule has 0 aliphatic heterocycles. The fourth-order valence-corrected chi connectivity index (χ4v) is 2.53. The molecule has 0 unspecified atom stereocenters. The monoisotopic (exact) mass is 273 g/mol. The van der Waals surface area contributed by atoms with Crippen molar-refractivity contribution in [2.75, 3.05) is 0 Å². The number of hydrogen-bond donors (Lipinski definition) is 1. The molecule has 0 saturated heterocycles. The van der Waals surface area contributed by atoms with E-state index in [0.29, 0.717) is 11.6 Å². The molecule has 96 valence electrons. The van der Waals surface area contributed by atoms with Gasteiger partial charge >= 0.3 is 0 Å². The highest BCUT2D eigenvalue weighted by Gasteiger charge is 2.12. The summed E-state index contributed by atoms with van der Waals surface area (Å²) in [6, 6.07) is 1.85. The zero-order chi connectivity index (χ0) is 13.2. The summed E-state index contributed by atoms with van der Waals surface area (Å²) < 4.78 is 2.82. The second kappa shape index (κ2) is 4.77. The standard InChI is InChI=1S/C12H11N5OS/c1-17-7-14-4-8(17)5-15-11(18)12-16-9-6-13-3-2-10(9)19-12/h2-4,6-7H,5H2,1H3,(H,15,18). The lowest BCUT2D eigenvalue weighted by atomic mass is 10.4. The molecule has 19 heavy (non-hydrogen) atoms. The van der Waals surface area contributed by atoms with Gasteiger partial charge in [0.1, 0.15) is 5.52 Å². The number of aromatic nitrogens is 4. The first-order chi connectivity index (χ1) is 9.24. The summed E-state index contributed by atoms with van der Waals surface area (Å²) in [5.74, 6) is -0.178. The number of amides is 1. The number of thiazole rings is 1. The fourth-order valence-electron chi connectivity index (χ4n) is 1.68. The van der Waals surface area contributed by atoms with Crippen molar-refractivity contribution in [2.45, 2.75) is 6.54 Å². The zero-order valence-electron chi connectivity index (χ0n) is 10.2. The Bertz CT molecular complexity index is 699. The number of nitrogens with zero attached hydrogens (tertiary/aromatic N) is 4. The van der Waals surface area contributed by atoms with Gasteiger partial charge in [-0.1, -0.05) is 0 Å². The van der Waals surface area contributed by atoms with Crippen LogP contribution in [-0.4, -0.2) is 25.4 Å². The van der Waals surface area contributed by atoms with Crippen LogP contribution in [0.1, 0.15) is 15.5 Å². The van der Waals surface area contributed by atoms with Crippen molar-refractivity contribution < 1.29 is 4.79 Å². The minimum Gasteiger partial charge on any atom is -0.344 e. The predicted octanol–water partition coefficient (Wildman–Crippen LogP) is 1.35. The smallest absolute Gasteiger partial charge is 0.280 e. The van der Waals surface area contributed by atoms with Crippen molar-refractivity contribution in [3.05, 3.63) is 41.7 Å². The van der Waals surface area contributed by atoms with E-state index in [1.165, 1.54) is 11.3 Å². The Hall–Kier alpha value is -2.28. The maximum absolute atomic E-state index is 12.0. The van der Waals surface area contributed by atoms with E-state index in [-0.39, 0.29) is 5.91 Å². The van der Waals surface area contributed by atoms with Gasteiger partial charge in [0.05, 0.1) is 29.5 Å². The van der Waals surface area contributed by atoms with Crippen molar-refractivity contribution in [2.24, 2.45) is 7.05 Å². The minimum atomic E-state index is -0.178. The maximum atomic E-state index is 12.0. The van der Waals surface area contributed by atoms with E-state index < -0.39 is 0 Å². The van der Waals surface area contributed by atoms with Gasteiger partial charge < -0.3 is 9.88 Å². The van der Waals surface area contributed by atoms with E-state index in [9.17, 15) is 4.79 Å². The van der Waals surface area contributed by atoms with Crippen molar-refractivity contribution >= 4 is 27.5 Å². The third kappa shape index (κ3) is 2.32. The average molecular weight is 273 g/mol. The summed E-state index contributed by atoms with van der Waals surface area (Å²) in [5, 5.41) is 3.28. The number of hydrogen-bond acceptors (Lipinski definition) is 5. The van der Waals surface area contributed by atoms with Crippen LogP contribution in [0.5, 0.6) is 0 Å². The quantitative estimate of drug-likeness (QED) is 0.782. The Kier molecular flexibility index (Phi) is 2.96.